The second kappa shape index (κ2) is 11.2. The van der Waals surface area contributed by atoms with Crippen LogP contribution in [0.5, 0.6) is 0 Å². The molecule has 21 heavy (non-hydrogen) atoms. The second-order valence-corrected chi connectivity index (χ2v) is 5.58. The molecule has 0 saturated carbocycles. The third-order valence-corrected chi connectivity index (χ3v) is 3.22. The van der Waals surface area contributed by atoms with Crippen molar-refractivity contribution < 1.29 is 64.3 Å². The number of alkyl halides is 4. The summed E-state index contributed by atoms with van der Waals surface area (Å²) in [6.45, 7) is 1.98. The minimum absolute atomic E-state index is 0. The van der Waals surface area contributed by atoms with Gasteiger partial charge in [0, 0.05) is 6.42 Å². The van der Waals surface area contributed by atoms with Crippen molar-refractivity contribution in [2.45, 2.75) is 70.3 Å². The summed E-state index contributed by atoms with van der Waals surface area (Å²) in [4.78, 5) is 0. The average molecular weight is 346 g/mol. The van der Waals surface area contributed by atoms with Gasteiger partial charge in [-0.2, -0.15) is 13.2 Å². The molecule has 2 atom stereocenters. The van der Waals surface area contributed by atoms with Crippen molar-refractivity contribution in [3.05, 3.63) is 0 Å². The normalized spacial score (nSPS) is 15.3. The number of rotatable bonds is 10. The van der Waals surface area contributed by atoms with Crippen molar-refractivity contribution in [2.24, 2.45) is 0 Å². The molecule has 0 saturated heterocycles. The van der Waals surface area contributed by atoms with Gasteiger partial charge in [-0.25, -0.2) is 12.8 Å². The third-order valence-electron chi connectivity index (χ3n) is 2.71. The Labute approximate surface area is 144 Å². The Morgan fingerprint density at radius 3 is 2.10 bits per heavy atom. The predicted octanol–water partition coefficient (Wildman–Crippen LogP) is 0.487. The zero-order chi connectivity index (χ0) is 15.8. The predicted molar refractivity (Wildman–Crippen MR) is 63.5 cm³/mol. The van der Waals surface area contributed by atoms with Crippen LogP contribution in [0.15, 0.2) is 0 Å². The summed E-state index contributed by atoms with van der Waals surface area (Å²) in [6, 6.07) is 0. The van der Waals surface area contributed by atoms with Crippen LogP contribution in [0.4, 0.5) is 17.6 Å². The van der Waals surface area contributed by atoms with E-state index in [1.54, 1.807) is 0 Å². The molecule has 0 fully saturated rings. The zero-order valence-electron chi connectivity index (χ0n) is 12.2. The monoisotopic (exact) mass is 346 g/mol. The fourth-order valence-electron chi connectivity index (χ4n) is 1.71. The van der Waals surface area contributed by atoms with E-state index in [1.807, 2.05) is 6.92 Å². The Morgan fingerprint density at radius 1 is 1.14 bits per heavy atom. The van der Waals surface area contributed by atoms with Gasteiger partial charge in [0.1, 0.15) is 0 Å². The number of hydrogen-bond donors (Lipinski definition) is 0. The zero-order valence-corrected chi connectivity index (χ0v) is 15.0. The van der Waals surface area contributed by atoms with Crippen LogP contribution in [0.2, 0.25) is 0 Å². The summed E-state index contributed by atoms with van der Waals surface area (Å²) in [5, 5.41) is 0. The van der Waals surface area contributed by atoms with E-state index in [0.29, 0.717) is 12.8 Å². The standard InChI is InChI=1S/C11H20F4O4S.Na/c1-2-3-4-5-6-7-9(19-20(16,17)18)8-10(12)11(13,14)15;/h9-10H,2-8H2,1H3,(H,16,17,18);/q;+1/p-1. The molecule has 0 aromatic carbocycles. The Bertz CT molecular complexity index is 362. The first-order valence-corrected chi connectivity index (χ1v) is 7.74. The minimum Gasteiger partial charge on any atom is -0.726 e. The smallest absolute Gasteiger partial charge is 0.726 e. The van der Waals surface area contributed by atoms with Gasteiger partial charge < -0.3 is 4.55 Å². The van der Waals surface area contributed by atoms with Crippen molar-refractivity contribution in [2.75, 3.05) is 0 Å². The molecular formula is C11H19F4NaO4S. The molecule has 0 aliphatic heterocycles. The summed E-state index contributed by atoms with van der Waals surface area (Å²) in [6.07, 6.45) is -7.35. The van der Waals surface area contributed by atoms with Gasteiger partial charge in [0.2, 0.25) is 10.4 Å². The van der Waals surface area contributed by atoms with Gasteiger partial charge >= 0.3 is 35.7 Å². The molecule has 0 aliphatic carbocycles. The molecule has 0 N–H and O–H groups in total. The van der Waals surface area contributed by atoms with Gasteiger partial charge in [-0.3, -0.25) is 4.18 Å². The van der Waals surface area contributed by atoms with Crippen molar-refractivity contribution in [3.8, 4) is 0 Å². The topological polar surface area (TPSA) is 66.4 Å². The van der Waals surface area contributed by atoms with Crippen LogP contribution in [0.3, 0.4) is 0 Å². The van der Waals surface area contributed by atoms with Crippen molar-refractivity contribution in [1.29, 1.82) is 0 Å². The third kappa shape index (κ3) is 13.9. The van der Waals surface area contributed by atoms with Crippen molar-refractivity contribution in [3.63, 3.8) is 0 Å². The first kappa shape index (κ1) is 23.9. The van der Waals surface area contributed by atoms with Crippen molar-refractivity contribution in [1.82, 2.24) is 0 Å². The largest absolute Gasteiger partial charge is 1.00 e. The first-order chi connectivity index (χ1) is 9.06. The number of hydrogen-bond acceptors (Lipinski definition) is 4. The molecule has 0 aliphatic rings. The van der Waals surface area contributed by atoms with E-state index in [9.17, 15) is 30.5 Å². The van der Waals surface area contributed by atoms with Crippen LogP contribution in [0.25, 0.3) is 0 Å². The van der Waals surface area contributed by atoms with Gasteiger partial charge in [-0.1, -0.05) is 39.0 Å². The van der Waals surface area contributed by atoms with Gasteiger partial charge in [-0.05, 0) is 6.42 Å². The molecule has 0 rings (SSSR count). The van der Waals surface area contributed by atoms with Crippen LogP contribution in [0, 0.1) is 0 Å². The second-order valence-electron chi connectivity index (χ2n) is 4.57. The van der Waals surface area contributed by atoms with E-state index < -0.39 is 35.3 Å². The van der Waals surface area contributed by atoms with E-state index in [-0.39, 0.29) is 36.0 Å². The molecule has 0 aromatic rings. The van der Waals surface area contributed by atoms with Gasteiger partial charge in [0.05, 0.1) is 6.10 Å². The van der Waals surface area contributed by atoms with E-state index in [0.717, 1.165) is 19.3 Å². The molecule has 0 amide bonds. The molecule has 122 valence electrons. The molecule has 10 heteroatoms. The maximum absolute atomic E-state index is 12.9. The molecule has 4 nitrogen and oxygen atoms in total. The van der Waals surface area contributed by atoms with Crippen LogP contribution in [-0.2, 0) is 14.6 Å². The maximum atomic E-state index is 12.9. The van der Waals surface area contributed by atoms with Crippen LogP contribution < -0.4 is 29.6 Å². The summed E-state index contributed by atoms with van der Waals surface area (Å²) in [5.74, 6) is 0. The van der Waals surface area contributed by atoms with E-state index in [2.05, 4.69) is 4.18 Å². The molecule has 0 aromatic heterocycles. The molecule has 0 spiro atoms. The van der Waals surface area contributed by atoms with E-state index in [1.165, 1.54) is 0 Å². The fourth-order valence-corrected chi connectivity index (χ4v) is 2.22. The first-order valence-electron chi connectivity index (χ1n) is 6.41. The van der Waals surface area contributed by atoms with Gasteiger partial charge in [-0.15, -0.1) is 0 Å². The van der Waals surface area contributed by atoms with Crippen LogP contribution >= 0.6 is 0 Å². The quantitative estimate of drug-likeness (QED) is 0.190. The van der Waals surface area contributed by atoms with Crippen LogP contribution in [-0.4, -0.2) is 31.4 Å². The summed E-state index contributed by atoms with van der Waals surface area (Å²) in [5.41, 5.74) is 0. The molecule has 2 unspecified atom stereocenters. The van der Waals surface area contributed by atoms with Crippen LogP contribution in [0.1, 0.15) is 51.9 Å². The van der Waals surface area contributed by atoms with E-state index in [4.69, 9.17) is 0 Å². The van der Waals surface area contributed by atoms with Gasteiger partial charge in [0.25, 0.3) is 0 Å². The Balaban J connectivity index is 0. The molecular weight excluding hydrogens is 327 g/mol. The summed E-state index contributed by atoms with van der Waals surface area (Å²) >= 11 is 0. The molecule has 0 heterocycles. The van der Waals surface area contributed by atoms with Gasteiger partial charge in [0.15, 0.2) is 6.17 Å². The molecule has 0 bridgehead atoms. The maximum Gasteiger partial charge on any atom is 1.00 e. The number of unbranched alkanes of at least 4 members (excludes halogenated alkanes) is 4. The number of halogens is 4. The summed E-state index contributed by atoms with van der Waals surface area (Å²) in [7, 11) is -5.15. The minimum atomic E-state index is -5.15. The Hall–Kier alpha value is 0.590. The Morgan fingerprint density at radius 2 is 1.67 bits per heavy atom. The van der Waals surface area contributed by atoms with E-state index >= 15 is 0 Å². The fraction of sp³-hybridized carbons (Fsp3) is 1.00. The molecule has 0 radical (unpaired) electrons. The SMILES string of the molecule is CCCCCCCC(CC(F)C(F)(F)F)OS(=O)(=O)[O-].[Na+]. The Kier molecular flexibility index (Phi) is 12.7. The summed E-state index contributed by atoms with van der Waals surface area (Å²) < 4.78 is 84.3. The van der Waals surface area contributed by atoms with Crippen molar-refractivity contribution >= 4 is 10.4 Å². The average Bonchev–Trinajstić information content (AvgIpc) is 2.25.